The summed E-state index contributed by atoms with van der Waals surface area (Å²) in [6, 6.07) is 2.85. The van der Waals surface area contributed by atoms with Crippen molar-refractivity contribution < 1.29 is 4.92 Å². The van der Waals surface area contributed by atoms with Crippen LogP contribution in [0, 0.1) is 16.0 Å². The predicted octanol–water partition coefficient (Wildman–Crippen LogP) is 2.84. The number of pyridine rings is 1. The zero-order valence-electron chi connectivity index (χ0n) is 9.64. The molecule has 1 rings (SSSR count). The van der Waals surface area contributed by atoms with E-state index in [1.54, 1.807) is 0 Å². The third-order valence-corrected chi connectivity index (χ3v) is 2.68. The summed E-state index contributed by atoms with van der Waals surface area (Å²) in [7, 11) is 0. The van der Waals surface area contributed by atoms with E-state index in [2.05, 4.69) is 24.1 Å². The Bertz CT molecular complexity index is 351. The zero-order valence-corrected chi connectivity index (χ0v) is 9.64. The van der Waals surface area contributed by atoms with E-state index in [0.717, 1.165) is 19.4 Å². The number of aromatic nitrogens is 1. The highest BCUT2D eigenvalue weighted by atomic mass is 16.6. The summed E-state index contributed by atoms with van der Waals surface area (Å²) >= 11 is 0. The van der Waals surface area contributed by atoms with Crippen molar-refractivity contribution in [1.82, 2.24) is 4.98 Å². The van der Waals surface area contributed by atoms with E-state index < -0.39 is 4.92 Å². The van der Waals surface area contributed by atoms with Crippen LogP contribution in [0.5, 0.6) is 0 Å². The van der Waals surface area contributed by atoms with Crippen molar-refractivity contribution in [1.29, 1.82) is 0 Å². The molecule has 0 spiro atoms. The average Bonchev–Trinajstić information content (AvgIpc) is 2.31. The van der Waals surface area contributed by atoms with Crippen molar-refractivity contribution in [3.63, 3.8) is 0 Å². The van der Waals surface area contributed by atoms with Gasteiger partial charge in [0.25, 0.3) is 5.69 Å². The number of hydrogen-bond acceptors (Lipinski definition) is 4. The number of anilines is 1. The molecule has 0 atom stereocenters. The molecule has 0 aromatic carbocycles. The molecule has 1 heterocycles. The summed E-state index contributed by atoms with van der Waals surface area (Å²) in [6.07, 6.45) is 3.64. The van der Waals surface area contributed by atoms with Crippen molar-refractivity contribution in [3.05, 3.63) is 28.4 Å². The highest BCUT2D eigenvalue weighted by molar-refractivity contribution is 5.44. The molecule has 0 bridgehead atoms. The molecule has 1 aromatic rings. The first-order valence-corrected chi connectivity index (χ1v) is 5.51. The van der Waals surface area contributed by atoms with Gasteiger partial charge in [0.15, 0.2) is 0 Å². The molecule has 0 radical (unpaired) electrons. The highest BCUT2D eigenvalue weighted by Gasteiger charge is 2.08. The van der Waals surface area contributed by atoms with E-state index in [1.807, 2.05) is 0 Å². The molecule has 0 aliphatic carbocycles. The summed E-state index contributed by atoms with van der Waals surface area (Å²) in [4.78, 5) is 14.2. The smallest absolute Gasteiger partial charge is 0.274 e. The Balaban J connectivity index is 2.60. The second kappa shape index (κ2) is 6.05. The van der Waals surface area contributed by atoms with E-state index in [1.165, 1.54) is 18.3 Å². The van der Waals surface area contributed by atoms with Gasteiger partial charge in [0.2, 0.25) is 0 Å². The van der Waals surface area contributed by atoms with Gasteiger partial charge in [0.1, 0.15) is 5.82 Å². The quantitative estimate of drug-likeness (QED) is 0.594. The first-order chi connectivity index (χ1) is 7.67. The molecule has 5 nitrogen and oxygen atoms in total. The second-order valence-corrected chi connectivity index (χ2v) is 3.72. The lowest BCUT2D eigenvalue weighted by atomic mass is 10.0. The van der Waals surface area contributed by atoms with E-state index in [9.17, 15) is 10.1 Å². The Morgan fingerprint density at radius 1 is 1.50 bits per heavy atom. The highest BCUT2D eigenvalue weighted by Crippen LogP contribution is 2.15. The molecule has 16 heavy (non-hydrogen) atoms. The Hall–Kier alpha value is -1.65. The molecule has 0 aliphatic rings. The number of nitro groups is 1. The predicted molar refractivity (Wildman–Crippen MR) is 63.5 cm³/mol. The van der Waals surface area contributed by atoms with Gasteiger partial charge >= 0.3 is 0 Å². The Labute approximate surface area is 95.0 Å². The van der Waals surface area contributed by atoms with Crippen LogP contribution >= 0.6 is 0 Å². The molecular weight excluding hydrogens is 206 g/mol. The molecular formula is C11H17N3O2. The van der Waals surface area contributed by atoms with E-state index >= 15 is 0 Å². The van der Waals surface area contributed by atoms with Crippen molar-refractivity contribution in [2.75, 3.05) is 11.9 Å². The second-order valence-electron chi connectivity index (χ2n) is 3.72. The van der Waals surface area contributed by atoms with Crippen LogP contribution in [0.4, 0.5) is 11.5 Å². The fourth-order valence-electron chi connectivity index (χ4n) is 1.46. The van der Waals surface area contributed by atoms with Gasteiger partial charge in [0.05, 0.1) is 11.0 Å². The van der Waals surface area contributed by atoms with Crippen LogP contribution in [0.1, 0.15) is 26.7 Å². The van der Waals surface area contributed by atoms with Gasteiger partial charge < -0.3 is 5.32 Å². The monoisotopic (exact) mass is 223 g/mol. The lowest BCUT2D eigenvalue weighted by Crippen LogP contribution is -2.13. The summed E-state index contributed by atoms with van der Waals surface area (Å²) in [5, 5.41) is 13.7. The summed E-state index contributed by atoms with van der Waals surface area (Å²) < 4.78 is 0. The van der Waals surface area contributed by atoms with Crippen molar-refractivity contribution in [2.24, 2.45) is 5.92 Å². The van der Waals surface area contributed by atoms with Crippen molar-refractivity contribution in [2.45, 2.75) is 26.7 Å². The molecule has 1 aromatic heterocycles. The largest absolute Gasteiger partial charge is 0.370 e. The van der Waals surface area contributed by atoms with Crippen molar-refractivity contribution in [3.8, 4) is 0 Å². The van der Waals surface area contributed by atoms with Crippen LogP contribution in [-0.2, 0) is 0 Å². The summed E-state index contributed by atoms with van der Waals surface area (Å²) in [5.74, 6) is 1.15. The molecule has 0 fully saturated rings. The third kappa shape index (κ3) is 3.49. The van der Waals surface area contributed by atoms with Crippen LogP contribution in [-0.4, -0.2) is 16.5 Å². The molecule has 5 heteroatoms. The zero-order chi connectivity index (χ0) is 12.0. The molecule has 0 saturated carbocycles. The third-order valence-electron chi connectivity index (χ3n) is 2.68. The van der Waals surface area contributed by atoms with Gasteiger partial charge in [-0.3, -0.25) is 10.1 Å². The van der Waals surface area contributed by atoms with Gasteiger partial charge in [0, 0.05) is 18.8 Å². The number of hydrogen-bond donors (Lipinski definition) is 1. The Kier molecular flexibility index (Phi) is 4.69. The van der Waals surface area contributed by atoms with Crippen LogP contribution in [0.15, 0.2) is 18.3 Å². The van der Waals surface area contributed by atoms with E-state index in [4.69, 9.17) is 0 Å². The van der Waals surface area contributed by atoms with Gasteiger partial charge in [-0.2, -0.15) is 0 Å². The molecule has 0 unspecified atom stereocenters. The van der Waals surface area contributed by atoms with E-state index in [0.29, 0.717) is 11.7 Å². The van der Waals surface area contributed by atoms with Gasteiger partial charge in [-0.05, 0) is 5.92 Å². The fraction of sp³-hybridized carbons (Fsp3) is 0.545. The first kappa shape index (κ1) is 12.4. The Morgan fingerprint density at radius 2 is 2.19 bits per heavy atom. The van der Waals surface area contributed by atoms with Crippen LogP contribution in [0.25, 0.3) is 0 Å². The number of nitrogens with zero attached hydrogens (tertiary/aromatic N) is 2. The maximum atomic E-state index is 10.6. The standard InChI is InChI=1S/C11H17N3O2/c1-3-9(4-2)8-13-11-7-10(14(15)16)5-6-12-11/h5-7,9H,3-4,8H2,1-2H3,(H,12,13). The number of rotatable bonds is 6. The fourth-order valence-corrected chi connectivity index (χ4v) is 1.46. The molecule has 0 saturated heterocycles. The summed E-state index contributed by atoms with van der Waals surface area (Å²) in [5.41, 5.74) is 0.0713. The normalized spacial score (nSPS) is 10.4. The van der Waals surface area contributed by atoms with Crippen molar-refractivity contribution >= 4 is 11.5 Å². The van der Waals surface area contributed by atoms with E-state index in [-0.39, 0.29) is 5.69 Å². The lowest BCUT2D eigenvalue weighted by Gasteiger charge is -2.13. The minimum absolute atomic E-state index is 0.0713. The number of nitrogens with one attached hydrogen (secondary N) is 1. The molecule has 1 N–H and O–H groups in total. The minimum atomic E-state index is -0.413. The topological polar surface area (TPSA) is 68.1 Å². The SMILES string of the molecule is CCC(CC)CNc1cc([N+](=O)[O-])ccn1. The molecule has 0 aliphatic heterocycles. The van der Waals surface area contributed by atoms with Crippen LogP contribution in [0.3, 0.4) is 0 Å². The van der Waals surface area contributed by atoms with Crippen LogP contribution < -0.4 is 5.32 Å². The maximum absolute atomic E-state index is 10.6. The average molecular weight is 223 g/mol. The van der Waals surface area contributed by atoms with Gasteiger partial charge in [-0.15, -0.1) is 0 Å². The molecule has 0 amide bonds. The van der Waals surface area contributed by atoms with Gasteiger partial charge in [-0.1, -0.05) is 26.7 Å². The maximum Gasteiger partial charge on any atom is 0.274 e. The first-order valence-electron chi connectivity index (χ1n) is 5.51. The van der Waals surface area contributed by atoms with Gasteiger partial charge in [-0.25, -0.2) is 4.98 Å². The minimum Gasteiger partial charge on any atom is -0.370 e. The summed E-state index contributed by atoms with van der Waals surface area (Å²) in [6.45, 7) is 5.08. The molecule has 88 valence electrons. The van der Waals surface area contributed by atoms with Crippen LogP contribution in [0.2, 0.25) is 0 Å². The Morgan fingerprint density at radius 3 is 2.75 bits per heavy atom. The lowest BCUT2D eigenvalue weighted by molar-refractivity contribution is -0.384.